The number of carbonyl (C=O) groups is 1. The minimum Gasteiger partial charge on any atom is -0.462 e. The number of carbonyl (C=O) groups excluding carboxylic acids is 1. The second-order valence-electron chi connectivity index (χ2n) is 5.05. The Morgan fingerprint density at radius 2 is 2.18 bits per heavy atom. The molecule has 0 aliphatic carbocycles. The van der Waals surface area contributed by atoms with Crippen molar-refractivity contribution < 1.29 is 9.53 Å². The Hall–Kier alpha value is -1.29. The average molecular weight is 257 g/mol. The van der Waals surface area contributed by atoms with E-state index in [1.54, 1.807) is 0 Å². The second kappa shape index (κ2) is 5.36. The van der Waals surface area contributed by atoms with E-state index in [1.165, 1.54) is 12.3 Å². The van der Waals surface area contributed by atoms with Gasteiger partial charge in [-0.15, -0.1) is 0 Å². The van der Waals surface area contributed by atoms with Crippen LogP contribution >= 0.6 is 11.6 Å². The molecular formula is C12H17ClN2O2. The third kappa shape index (κ3) is 4.61. The van der Waals surface area contributed by atoms with Gasteiger partial charge in [0.15, 0.2) is 0 Å². The molecule has 0 spiro atoms. The van der Waals surface area contributed by atoms with Gasteiger partial charge >= 0.3 is 5.97 Å². The van der Waals surface area contributed by atoms with Crippen LogP contribution < -0.4 is 5.73 Å². The summed E-state index contributed by atoms with van der Waals surface area (Å²) < 4.78 is 5.12. The van der Waals surface area contributed by atoms with Gasteiger partial charge in [-0.2, -0.15) is 0 Å². The van der Waals surface area contributed by atoms with Crippen molar-refractivity contribution in [3.63, 3.8) is 0 Å². The molecule has 1 rings (SSSR count). The van der Waals surface area contributed by atoms with Crippen LogP contribution in [0.25, 0.3) is 0 Å². The van der Waals surface area contributed by atoms with E-state index in [4.69, 9.17) is 22.1 Å². The molecule has 0 amide bonds. The van der Waals surface area contributed by atoms with Crippen molar-refractivity contribution >= 4 is 23.3 Å². The molecule has 0 unspecified atom stereocenters. The Bertz CT molecular complexity index is 413. The number of halogens is 1. The van der Waals surface area contributed by atoms with Crippen LogP contribution in [0.1, 0.15) is 37.6 Å². The van der Waals surface area contributed by atoms with Gasteiger partial charge in [-0.3, -0.25) is 0 Å². The first-order valence-electron chi connectivity index (χ1n) is 5.38. The van der Waals surface area contributed by atoms with Crippen LogP contribution in [0.3, 0.4) is 0 Å². The maximum atomic E-state index is 11.7. The molecule has 17 heavy (non-hydrogen) atoms. The van der Waals surface area contributed by atoms with Gasteiger partial charge in [0.2, 0.25) is 0 Å². The first-order chi connectivity index (χ1) is 7.79. The minimum absolute atomic E-state index is 0.111. The zero-order valence-electron chi connectivity index (χ0n) is 10.3. The normalized spacial score (nSPS) is 11.3. The van der Waals surface area contributed by atoms with E-state index >= 15 is 0 Å². The first-order valence-corrected chi connectivity index (χ1v) is 5.75. The summed E-state index contributed by atoms with van der Waals surface area (Å²) in [7, 11) is 0. The molecule has 2 N–H and O–H groups in total. The van der Waals surface area contributed by atoms with Gasteiger partial charge in [-0.25, -0.2) is 9.78 Å². The molecule has 0 saturated carbocycles. The highest BCUT2D eigenvalue weighted by Crippen LogP contribution is 2.20. The van der Waals surface area contributed by atoms with Crippen LogP contribution in [0.15, 0.2) is 12.3 Å². The highest BCUT2D eigenvalue weighted by Gasteiger charge is 2.15. The standard InChI is InChI=1S/C12H17ClN2O2/c1-12(2,3)4-5-17-11(16)9-6-8(14)7-15-10(9)13/h6-7H,4-5,14H2,1-3H3. The number of nitrogen functional groups attached to an aromatic ring is 1. The summed E-state index contributed by atoms with van der Waals surface area (Å²) in [6, 6.07) is 1.47. The highest BCUT2D eigenvalue weighted by atomic mass is 35.5. The predicted octanol–water partition coefficient (Wildman–Crippen LogP) is 2.91. The smallest absolute Gasteiger partial charge is 0.341 e. The lowest BCUT2D eigenvalue weighted by Gasteiger charge is -2.17. The summed E-state index contributed by atoms with van der Waals surface area (Å²) in [6.45, 7) is 6.59. The Morgan fingerprint density at radius 1 is 1.53 bits per heavy atom. The van der Waals surface area contributed by atoms with Crippen molar-refractivity contribution in [2.24, 2.45) is 5.41 Å². The molecule has 1 aromatic rings. The molecule has 0 bridgehead atoms. The van der Waals surface area contributed by atoms with Crippen LogP contribution in [-0.4, -0.2) is 17.6 Å². The number of aromatic nitrogens is 1. The molecule has 5 heteroatoms. The predicted molar refractivity (Wildman–Crippen MR) is 68.0 cm³/mol. The van der Waals surface area contributed by atoms with E-state index in [-0.39, 0.29) is 16.1 Å². The number of nitrogens with zero attached hydrogens (tertiary/aromatic N) is 1. The topological polar surface area (TPSA) is 65.2 Å². The summed E-state index contributed by atoms with van der Waals surface area (Å²) >= 11 is 5.79. The monoisotopic (exact) mass is 256 g/mol. The third-order valence-corrected chi connectivity index (χ3v) is 2.47. The summed E-state index contributed by atoms with van der Waals surface area (Å²) in [4.78, 5) is 15.5. The van der Waals surface area contributed by atoms with Gasteiger partial charge < -0.3 is 10.5 Å². The Kier molecular flexibility index (Phi) is 4.34. The van der Waals surface area contributed by atoms with Gasteiger partial charge in [0.25, 0.3) is 0 Å². The summed E-state index contributed by atoms with van der Waals surface area (Å²) in [5, 5.41) is 0.111. The van der Waals surface area contributed by atoms with Gasteiger partial charge in [0.1, 0.15) is 5.15 Å². The van der Waals surface area contributed by atoms with Crippen molar-refractivity contribution in [1.82, 2.24) is 4.98 Å². The van der Waals surface area contributed by atoms with Gasteiger partial charge in [-0.05, 0) is 17.9 Å². The number of pyridine rings is 1. The minimum atomic E-state index is -0.487. The largest absolute Gasteiger partial charge is 0.462 e. The van der Waals surface area contributed by atoms with Crippen molar-refractivity contribution in [2.45, 2.75) is 27.2 Å². The van der Waals surface area contributed by atoms with Crippen molar-refractivity contribution in [1.29, 1.82) is 0 Å². The Morgan fingerprint density at radius 3 is 2.76 bits per heavy atom. The molecule has 0 saturated heterocycles. The van der Waals surface area contributed by atoms with Crippen LogP contribution in [0, 0.1) is 5.41 Å². The molecule has 1 aromatic heterocycles. The fourth-order valence-corrected chi connectivity index (χ4v) is 1.32. The molecule has 94 valence electrons. The van der Waals surface area contributed by atoms with Crippen LogP contribution in [0.4, 0.5) is 5.69 Å². The number of ether oxygens (including phenoxy) is 1. The van der Waals surface area contributed by atoms with Crippen LogP contribution in [-0.2, 0) is 4.74 Å². The van der Waals surface area contributed by atoms with Crippen molar-refractivity contribution in [3.05, 3.63) is 23.0 Å². The summed E-state index contributed by atoms with van der Waals surface area (Å²) in [5.41, 5.74) is 6.25. The van der Waals surface area contributed by atoms with E-state index < -0.39 is 5.97 Å². The molecule has 0 atom stereocenters. The maximum absolute atomic E-state index is 11.7. The van der Waals surface area contributed by atoms with E-state index in [1.807, 2.05) is 0 Å². The molecular weight excluding hydrogens is 240 g/mol. The van der Waals surface area contributed by atoms with E-state index in [0.717, 1.165) is 6.42 Å². The molecule has 0 fully saturated rings. The lowest BCUT2D eigenvalue weighted by atomic mass is 9.93. The number of rotatable bonds is 3. The van der Waals surface area contributed by atoms with Gasteiger partial charge in [-0.1, -0.05) is 32.4 Å². The summed E-state index contributed by atoms with van der Waals surface area (Å²) in [5.74, 6) is -0.487. The molecule has 0 radical (unpaired) electrons. The summed E-state index contributed by atoms with van der Waals surface area (Å²) in [6.07, 6.45) is 2.18. The second-order valence-corrected chi connectivity index (χ2v) is 5.41. The molecule has 4 nitrogen and oxygen atoms in total. The molecule has 0 aliphatic heterocycles. The molecule has 0 aromatic carbocycles. The number of hydrogen-bond acceptors (Lipinski definition) is 4. The SMILES string of the molecule is CC(C)(C)CCOC(=O)c1cc(N)cnc1Cl. The van der Waals surface area contributed by atoms with Crippen LogP contribution in [0.5, 0.6) is 0 Å². The first kappa shape index (κ1) is 13.8. The maximum Gasteiger partial charge on any atom is 0.341 e. The fourth-order valence-electron chi connectivity index (χ4n) is 1.14. The Labute approximate surface area is 106 Å². The fraction of sp³-hybridized carbons (Fsp3) is 0.500. The van der Waals surface area contributed by atoms with Crippen molar-refractivity contribution in [3.8, 4) is 0 Å². The van der Waals surface area contributed by atoms with Gasteiger partial charge in [0.05, 0.1) is 24.1 Å². The number of anilines is 1. The van der Waals surface area contributed by atoms with E-state index in [9.17, 15) is 4.79 Å². The lowest BCUT2D eigenvalue weighted by Crippen LogP contribution is -2.14. The number of hydrogen-bond donors (Lipinski definition) is 1. The quantitative estimate of drug-likeness (QED) is 0.667. The number of esters is 1. The Balaban J connectivity index is 2.61. The number of nitrogens with two attached hydrogens (primary N) is 1. The average Bonchev–Trinajstić information content (AvgIpc) is 2.19. The van der Waals surface area contributed by atoms with Crippen molar-refractivity contribution in [2.75, 3.05) is 12.3 Å². The highest BCUT2D eigenvalue weighted by molar-refractivity contribution is 6.32. The third-order valence-electron chi connectivity index (χ3n) is 2.17. The van der Waals surface area contributed by atoms with Gasteiger partial charge in [0, 0.05) is 0 Å². The zero-order valence-corrected chi connectivity index (χ0v) is 11.0. The molecule has 1 heterocycles. The van der Waals surface area contributed by atoms with E-state index in [0.29, 0.717) is 12.3 Å². The lowest BCUT2D eigenvalue weighted by molar-refractivity contribution is 0.0464. The molecule has 0 aliphatic rings. The van der Waals surface area contributed by atoms with Crippen LogP contribution in [0.2, 0.25) is 5.15 Å². The zero-order chi connectivity index (χ0) is 13.1. The van der Waals surface area contributed by atoms with E-state index in [2.05, 4.69) is 25.8 Å².